The predicted molar refractivity (Wildman–Crippen MR) is 67.6 cm³/mol. The zero-order chi connectivity index (χ0) is 12.3. The van der Waals surface area contributed by atoms with Gasteiger partial charge in [-0.05, 0) is 25.0 Å². The number of carbonyl (C=O) groups is 1. The molecule has 4 nitrogen and oxygen atoms in total. The van der Waals surface area contributed by atoms with Gasteiger partial charge >= 0.3 is 0 Å². The zero-order valence-electron chi connectivity index (χ0n) is 10.2. The molecule has 2 unspecified atom stereocenters. The molecule has 0 aromatic carbocycles. The lowest BCUT2D eigenvalue weighted by Gasteiger charge is -2.30. The molecule has 1 heterocycles. The number of anilines is 1. The molecule has 1 aliphatic rings. The number of hydrogen-bond acceptors (Lipinski definition) is 3. The Balaban J connectivity index is 2.09. The fourth-order valence-corrected chi connectivity index (χ4v) is 2.39. The predicted octanol–water partition coefficient (Wildman–Crippen LogP) is 1.56. The normalized spacial score (nSPS) is 24.4. The average Bonchev–Trinajstić information content (AvgIpc) is 2.39. The molecule has 1 aliphatic carbocycles. The molecule has 0 saturated heterocycles. The summed E-state index contributed by atoms with van der Waals surface area (Å²) in [5.74, 6) is 0.0826. The first-order valence-electron chi connectivity index (χ1n) is 6.13. The Kier molecular flexibility index (Phi) is 3.74. The SMILES string of the molecule is CN(C(=O)C1CCCCC1N)c1cccnc1. The van der Waals surface area contributed by atoms with Crippen LogP contribution in [0.2, 0.25) is 0 Å². The molecule has 0 spiro atoms. The fourth-order valence-electron chi connectivity index (χ4n) is 2.39. The summed E-state index contributed by atoms with van der Waals surface area (Å²) in [5.41, 5.74) is 6.86. The number of nitrogens with two attached hydrogens (primary N) is 1. The van der Waals surface area contributed by atoms with Crippen molar-refractivity contribution in [2.24, 2.45) is 11.7 Å². The molecule has 1 aromatic rings. The van der Waals surface area contributed by atoms with Crippen LogP contribution >= 0.6 is 0 Å². The molecule has 17 heavy (non-hydrogen) atoms. The number of hydrogen-bond donors (Lipinski definition) is 1. The first-order chi connectivity index (χ1) is 8.20. The van der Waals surface area contributed by atoms with Crippen molar-refractivity contribution in [1.82, 2.24) is 4.98 Å². The molecule has 4 heteroatoms. The van der Waals surface area contributed by atoms with Crippen LogP contribution in [0.1, 0.15) is 25.7 Å². The van der Waals surface area contributed by atoms with Crippen molar-refractivity contribution in [2.75, 3.05) is 11.9 Å². The standard InChI is InChI=1S/C13H19N3O/c1-16(10-5-4-8-15-9-10)13(17)11-6-2-3-7-12(11)14/h4-5,8-9,11-12H,2-3,6-7,14H2,1H3. The molecule has 1 aromatic heterocycles. The molecule has 0 bridgehead atoms. The van der Waals surface area contributed by atoms with Gasteiger partial charge in [-0.3, -0.25) is 9.78 Å². The van der Waals surface area contributed by atoms with Crippen LogP contribution in [0.5, 0.6) is 0 Å². The molecule has 2 rings (SSSR count). The highest BCUT2D eigenvalue weighted by atomic mass is 16.2. The molecular formula is C13H19N3O. The van der Waals surface area contributed by atoms with Crippen LogP contribution in [0.15, 0.2) is 24.5 Å². The molecule has 0 aliphatic heterocycles. The van der Waals surface area contributed by atoms with Crippen molar-refractivity contribution in [3.05, 3.63) is 24.5 Å². The van der Waals surface area contributed by atoms with E-state index < -0.39 is 0 Å². The largest absolute Gasteiger partial charge is 0.327 e. The van der Waals surface area contributed by atoms with Crippen LogP contribution in [0, 0.1) is 5.92 Å². The second-order valence-corrected chi connectivity index (χ2v) is 4.66. The van der Waals surface area contributed by atoms with Gasteiger partial charge in [-0.2, -0.15) is 0 Å². The van der Waals surface area contributed by atoms with Gasteiger partial charge in [-0.25, -0.2) is 0 Å². The maximum Gasteiger partial charge on any atom is 0.231 e. The Morgan fingerprint density at radius 2 is 2.24 bits per heavy atom. The van der Waals surface area contributed by atoms with E-state index in [1.807, 2.05) is 12.1 Å². The topological polar surface area (TPSA) is 59.2 Å². The highest BCUT2D eigenvalue weighted by Gasteiger charge is 2.30. The van der Waals surface area contributed by atoms with Crippen molar-refractivity contribution in [3.8, 4) is 0 Å². The minimum absolute atomic E-state index is 0.00960. The molecule has 0 radical (unpaired) electrons. The van der Waals surface area contributed by atoms with E-state index in [0.29, 0.717) is 0 Å². The maximum atomic E-state index is 12.3. The molecule has 1 fully saturated rings. The van der Waals surface area contributed by atoms with Crippen molar-refractivity contribution >= 4 is 11.6 Å². The lowest BCUT2D eigenvalue weighted by Crippen LogP contribution is -2.44. The van der Waals surface area contributed by atoms with Gasteiger partial charge < -0.3 is 10.6 Å². The number of aromatic nitrogens is 1. The quantitative estimate of drug-likeness (QED) is 0.843. The lowest BCUT2D eigenvalue weighted by atomic mass is 9.84. The summed E-state index contributed by atoms with van der Waals surface area (Å²) in [4.78, 5) is 18.0. The van der Waals surface area contributed by atoms with E-state index in [9.17, 15) is 4.79 Å². The number of carbonyl (C=O) groups excluding carboxylic acids is 1. The number of amides is 1. The average molecular weight is 233 g/mol. The summed E-state index contributed by atoms with van der Waals surface area (Å²) in [6, 6.07) is 3.73. The summed E-state index contributed by atoms with van der Waals surface area (Å²) in [6.45, 7) is 0. The lowest BCUT2D eigenvalue weighted by molar-refractivity contribution is -0.123. The van der Waals surface area contributed by atoms with Crippen molar-refractivity contribution in [1.29, 1.82) is 0 Å². The molecule has 2 atom stereocenters. The van der Waals surface area contributed by atoms with E-state index in [2.05, 4.69) is 4.98 Å². The van der Waals surface area contributed by atoms with Crippen LogP contribution in [-0.2, 0) is 4.79 Å². The Bertz CT molecular complexity index is 380. The van der Waals surface area contributed by atoms with E-state index in [1.54, 1.807) is 24.3 Å². The Morgan fingerprint density at radius 3 is 2.88 bits per heavy atom. The van der Waals surface area contributed by atoms with Crippen LogP contribution in [0.4, 0.5) is 5.69 Å². The van der Waals surface area contributed by atoms with Gasteiger partial charge in [-0.1, -0.05) is 12.8 Å². The van der Waals surface area contributed by atoms with E-state index in [-0.39, 0.29) is 17.9 Å². The van der Waals surface area contributed by atoms with Crippen molar-refractivity contribution < 1.29 is 4.79 Å². The van der Waals surface area contributed by atoms with Crippen LogP contribution in [-0.4, -0.2) is 24.0 Å². The van der Waals surface area contributed by atoms with Gasteiger partial charge in [0.05, 0.1) is 17.8 Å². The third kappa shape index (κ3) is 2.64. The number of nitrogens with zero attached hydrogens (tertiary/aromatic N) is 2. The molecule has 1 amide bonds. The Labute approximate surface area is 102 Å². The van der Waals surface area contributed by atoms with E-state index in [4.69, 9.17) is 5.73 Å². The maximum absolute atomic E-state index is 12.3. The third-order valence-corrected chi connectivity index (χ3v) is 3.50. The summed E-state index contributed by atoms with van der Waals surface area (Å²) < 4.78 is 0. The van der Waals surface area contributed by atoms with Gasteiger partial charge in [-0.15, -0.1) is 0 Å². The monoisotopic (exact) mass is 233 g/mol. The van der Waals surface area contributed by atoms with Gasteiger partial charge in [0.15, 0.2) is 0 Å². The Hall–Kier alpha value is -1.42. The number of pyridine rings is 1. The van der Waals surface area contributed by atoms with Crippen molar-refractivity contribution in [3.63, 3.8) is 0 Å². The molecular weight excluding hydrogens is 214 g/mol. The Morgan fingerprint density at radius 1 is 1.47 bits per heavy atom. The second kappa shape index (κ2) is 5.27. The van der Waals surface area contributed by atoms with E-state index in [0.717, 1.165) is 31.4 Å². The highest BCUT2D eigenvalue weighted by Crippen LogP contribution is 2.26. The summed E-state index contributed by atoms with van der Waals surface area (Å²) >= 11 is 0. The first kappa shape index (κ1) is 12.0. The minimum atomic E-state index is -0.0334. The van der Waals surface area contributed by atoms with E-state index >= 15 is 0 Å². The molecule has 2 N–H and O–H groups in total. The highest BCUT2D eigenvalue weighted by molar-refractivity contribution is 5.94. The third-order valence-electron chi connectivity index (χ3n) is 3.50. The van der Waals surface area contributed by atoms with Gasteiger partial charge in [0.25, 0.3) is 0 Å². The van der Waals surface area contributed by atoms with Gasteiger partial charge in [0, 0.05) is 19.3 Å². The summed E-state index contributed by atoms with van der Waals surface area (Å²) in [7, 11) is 1.79. The minimum Gasteiger partial charge on any atom is -0.327 e. The molecule has 1 saturated carbocycles. The van der Waals surface area contributed by atoms with Crippen molar-refractivity contribution in [2.45, 2.75) is 31.7 Å². The molecule has 92 valence electrons. The van der Waals surface area contributed by atoms with Crippen LogP contribution in [0.3, 0.4) is 0 Å². The van der Waals surface area contributed by atoms with Crippen LogP contribution < -0.4 is 10.6 Å². The fraction of sp³-hybridized carbons (Fsp3) is 0.538. The summed E-state index contributed by atoms with van der Waals surface area (Å²) in [6.07, 6.45) is 7.51. The van der Waals surface area contributed by atoms with Gasteiger partial charge in [0.2, 0.25) is 5.91 Å². The summed E-state index contributed by atoms with van der Waals surface area (Å²) in [5, 5.41) is 0. The smallest absolute Gasteiger partial charge is 0.231 e. The zero-order valence-corrected chi connectivity index (χ0v) is 10.2. The van der Waals surface area contributed by atoms with E-state index in [1.165, 1.54) is 0 Å². The first-order valence-corrected chi connectivity index (χ1v) is 6.13. The second-order valence-electron chi connectivity index (χ2n) is 4.66. The number of rotatable bonds is 2. The van der Waals surface area contributed by atoms with Gasteiger partial charge in [0.1, 0.15) is 0 Å². The van der Waals surface area contributed by atoms with Crippen LogP contribution in [0.25, 0.3) is 0 Å².